The van der Waals surface area contributed by atoms with Gasteiger partial charge in [0.1, 0.15) is 6.61 Å². The SMILES string of the molecule is CC/C=C\C/C=C\C/C=C\C/C=C\CCCCCCCCC(=O)OCC(COCCCCCCCCCCCCCC)OC(=O)CCCCCCCCCCCCC. The van der Waals surface area contributed by atoms with Crippen LogP contribution in [0, 0.1) is 0 Å². The van der Waals surface area contributed by atoms with Crippen molar-refractivity contribution in [2.45, 2.75) is 258 Å². The number of rotatable bonds is 46. The summed E-state index contributed by atoms with van der Waals surface area (Å²) in [5.41, 5.74) is 0. The largest absolute Gasteiger partial charge is 0.462 e. The Kier molecular flexibility index (Phi) is 47.4. The van der Waals surface area contributed by atoms with Gasteiger partial charge in [0, 0.05) is 19.4 Å². The fourth-order valence-electron chi connectivity index (χ4n) is 7.15. The molecule has 0 fully saturated rings. The summed E-state index contributed by atoms with van der Waals surface area (Å²) in [4.78, 5) is 25.3. The first kappa shape index (κ1) is 55.9. The topological polar surface area (TPSA) is 61.8 Å². The highest BCUT2D eigenvalue weighted by Crippen LogP contribution is 2.15. The van der Waals surface area contributed by atoms with Crippen LogP contribution < -0.4 is 0 Å². The number of hydrogen-bond donors (Lipinski definition) is 0. The van der Waals surface area contributed by atoms with E-state index in [1.807, 2.05) is 0 Å². The molecule has 0 aliphatic rings. The van der Waals surface area contributed by atoms with E-state index < -0.39 is 6.10 Å². The summed E-state index contributed by atoms with van der Waals surface area (Å²) in [6, 6.07) is 0. The lowest BCUT2D eigenvalue weighted by molar-refractivity contribution is -0.163. The Morgan fingerprint density at radius 2 is 0.776 bits per heavy atom. The summed E-state index contributed by atoms with van der Waals surface area (Å²) >= 11 is 0. The Hall–Kier alpha value is -2.14. The summed E-state index contributed by atoms with van der Waals surface area (Å²) in [7, 11) is 0. The van der Waals surface area contributed by atoms with Gasteiger partial charge in [-0.05, 0) is 57.8 Å². The first-order valence-corrected chi connectivity index (χ1v) is 25.2. The van der Waals surface area contributed by atoms with E-state index >= 15 is 0 Å². The second-order valence-corrected chi connectivity index (χ2v) is 16.7. The Morgan fingerprint density at radius 1 is 0.397 bits per heavy atom. The summed E-state index contributed by atoms with van der Waals surface area (Å²) in [6.45, 7) is 7.73. The number of carbonyl (C=O) groups is 2. The summed E-state index contributed by atoms with van der Waals surface area (Å²) < 4.78 is 17.4. The number of unbranched alkanes of at least 4 members (excludes halogenated alkanes) is 27. The molecule has 0 saturated carbocycles. The van der Waals surface area contributed by atoms with E-state index in [1.165, 1.54) is 148 Å². The highest BCUT2D eigenvalue weighted by Gasteiger charge is 2.17. The minimum Gasteiger partial charge on any atom is -0.462 e. The van der Waals surface area contributed by atoms with Crippen LogP contribution in [0.5, 0.6) is 0 Å². The molecule has 5 heteroatoms. The van der Waals surface area contributed by atoms with Crippen LogP contribution in [0.4, 0.5) is 0 Å². The minimum atomic E-state index is -0.535. The van der Waals surface area contributed by atoms with Crippen molar-refractivity contribution in [3.63, 3.8) is 0 Å². The normalized spacial score (nSPS) is 12.5. The predicted molar refractivity (Wildman–Crippen MR) is 251 cm³/mol. The molecule has 5 nitrogen and oxygen atoms in total. The number of hydrogen-bond acceptors (Lipinski definition) is 5. The molecule has 0 rings (SSSR count). The molecule has 0 amide bonds. The maximum absolute atomic E-state index is 12.7. The Labute approximate surface area is 361 Å². The van der Waals surface area contributed by atoms with Crippen LogP contribution in [-0.2, 0) is 23.8 Å². The van der Waals surface area contributed by atoms with Crippen molar-refractivity contribution in [3.05, 3.63) is 48.6 Å². The van der Waals surface area contributed by atoms with Crippen molar-refractivity contribution in [2.24, 2.45) is 0 Å². The van der Waals surface area contributed by atoms with Crippen LogP contribution in [0.3, 0.4) is 0 Å². The maximum atomic E-state index is 12.7. The molecular formula is C53H96O5. The minimum absolute atomic E-state index is 0.0819. The van der Waals surface area contributed by atoms with Crippen LogP contribution in [0.25, 0.3) is 0 Å². The third-order valence-electron chi connectivity index (χ3n) is 10.9. The zero-order valence-corrected chi connectivity index (χ0v) is 38.8. The van der Waals surface area contributed by atoms with Crippen molar-refractivity contribution in [1.82, 2.24) is 0 Å². The first-order valence-electron chi connectivity index (χ1n) is 25.2. The third kappa shape index (κ3) is 46.5. The Morgan fingerprint density at radius 3 is 1.24 bits per heavy atom. The predicted octanol–water partition coefficient (Wildman–Crippen LogP) is 16.8. The molecule has 0 radical (unpaired) electrons. The molecule has 1 atom stereocenters. The van der Waals surface area contributed by atoms with E-state index in [0.717, 1.165) is 70.6 Å². The van der Waals surface area contributed by atoms with Gasteiger partial charge in [0.25, 0.3) is 0 Å². The van der Waals surface area contributed by atoms with E-state index in [2.05, 4.69) is 69.4 Å². The molecule has 0 aliphatic heterocycles. The molecule has 0 aromatic rings. The number of ether oxygens (including phenoxy) is 3. The monoisotopic (exact) mass is 813 g/mol. The van der Waals surface area contributed by atoms with Gasteiger partial charge in [-0.2, -0.15) is 0 Å². The van der Waals surface area contributed by atoms with Crippen LogP contribution in [0.2, 0.25) is 0 Å². The number of carbonyl (C=O) groups excluding carboxylic acids is 2. The molecule has 0 aromatic heterocycles. The average Bonchev–Trinajstić information content (AvgIpc) is 3.22. The van der Waals surface area contributed by atoms with Gasteiger partial charge in [-0.15, -0.1) is 0 Å². The fourth-order valence-corrected chi connectivity index (χ4v) is 7.15. The standard InChI is InChI=1S/C53H96O5/c1-4-7-10-13-16-19-22-24-25-26-27-28-29-30-32-34-37-40-43-46-52(54)57-50-51(49-56-48-45-42-39-36-33-23-20-17-14-11-8-5-2)58-53(55)47-44-41-38-35-31-21-18-15-12-9-6-3/h7,10,16,19,24-25,27-28,51H,4-6,8-9,11-15,17-18,20-23,26,29-50H2,1-3H3/b10-7-,19-16-,25-24-,28-27-. The molecule has 0 aliphatic carbocycles. The average molecular weight is 813 g/mol. The molecule has 0 spiro atoms. The van der Waals surface area contributed by atoms with E-state index in [0.29, 0.717) is 19.4 Å². The first-order chi connectivity index (χ1) is 28.6. The van der Waals surface area contributed by atoms with Crippen molar-refractivity contribution >= 4 is 11.9 Å². The van der Waals surface area contributed by atoms with Gasteiger partial charge in [-0.25, -0.2) is 0 Å². The lowest BCUT2D eigenvalue weighted by atomic mass is 10.1. The van der Waals surface area contributed by atoms with E-state index in [-0.39, 0.29) is 25.2 Å². The molecule has 1 unspecified atom stereocenters. The lowest BCUT2D eigenvalue weighted by Gasteiger charge is -2.18. The Bertz CT molecular complexity index is 966. The maximum Gasteiger partial charge on any atom is 0.306 e. The van der Waals surface area contributed by atoms with E-state index in [4.69, 9.17) is 14.2 Å². The van der Waals surface area contributed by atoms with Gasteiger partial charge in [0.15, 0.2) is 6.10 Å². The van der Waals surface area contributed by atoms with Crippen molar-refractivity contribution < 1.29 is 23.8 Å². The van der Waals surface area contributed by atoms with E-state index in [9.17, 15) is 9.59 Å². The molecule has 0 aromatic carbocycles. The van der Waals surface area contributed by atoms with Gasteiger partial charge < -0.3 is 14.2 Å². The molecule has 0 heterocycles. The van der Waals surface area contributed by atoms with Crippen LogP contribution in [-0.4, -0.2) is 37.9 Å². The summed E-state index contributed by atoms with van der Waals surface area (Å²) in [5.74, 6) is -0.403. The molecule has 58 heavy (non-hydrogen) atoms. The van der Waals surface area contributed by atoms with Crippen molar-refractivity contribution in [2.75, 3.05) is 19.8 Å². The smallest absolute Gasteiger partial charge is 0.306 e. The van der Waals surface area contributed by atoms with Gasteiger partial charge in [0.05, 0.1) is 6.61 Å². The van der Waals surface area contributed by atoms with Gasteiger partial charge in [-0.1, -0.05) is 230 Å². The highest BCUT2D eigenvalue weighted by atomic mass is 16.6. The van der Waals surface area contributed by atoms with Gasteiger partial charge in [0.2, 0.25) is 0 Å². The van der Waals surface area contributed by atoms with Crippen LogP contribution >= 0.6 is 0 Å². The molecule has 0 N–H and O–H groups in total. The van der Waals surface area contributed by atoms with Crippen molar-refractivity contribution in [1.29, 1.82) is 0 Å². The lowest BCUT2D eigenvalue weighted by Crippen LogP contribution is -2.30. The number of esters is 2. The Balaban J connectivity index is 4.22. The van der Waals surface area contributed by atoms with Crippen LogP contribution in [0.15, 0.2) is 48.6 Å². The molecular weight excluding hydrogens is 717 g/mol. The second-order valence-electron chi connectivity index (χ2n) is 16.7. The quantitative estimate of drug-likeness (QED) is 0.0348. The number of allylic oxidation sites excluding steroid dienone is 8. The molecule has 0 bridgehead atoms. The third-order valence-corrected chi connectivity index (χ3v) is 10.9. The van der Waals surface area contributed by atoms with Crippen LogP contribution in [0.1, 0.15) is 252 Å². The zero-order chi connectivity index (χ0) is 42.1. The zero-order valence-electron chi connectivity index (χ0n) is 38.8. The highest BCUT2D eigenvalue weighted by molar-refractivity contribution is 5.70. The summed E-state index contributed by atoms with van der Waals surface area (Å²) in [6.07, 6.45) is 59.7. The fraction of sp³-hybridized carbons (Fsp3) is 0.811. The summed E-state index contributed by atoms with van der Waals surface area (Å²) in [5, 5.41) is 0. The van der Waals surface area contributed by atoms with Gasteiger partial charge >= 0.3 is 11.9 Å². The van der Waals surface area contributed by atoms with Gasteiger partial charge in [-0.3, -0.25) is 9.59 Å². The van der Waals surface area contributed by atoms with E-state index in [1.54, 1.807) is 0 Å². The molecule has 0 saturated heterocycles. The second kappa shape index (κ2) is 49.2. The van der Waals surface area contributed by atoms with Crippen molar-refractivity contribution in [3.8, 4) is 0 Å². The molecule has 338 valence electrons.